The van der Waals surface area contributed by atoms with E-state index < -0.39 is 23.6 Å². The number of hydrogen-bond acceptors (Lipinski definition) is 3. The molecule has 0 radical (unpaired) electrons. The fourth-order valence-electron chi connectivity index (χ4n) is 2.93. The summed E-state index contributed by atoms with van der Waals surface area (Å²) in [4.78, 5) is 27.6. The van der Waals surface area contributed by atoms with Gasteiger partial charge in [-0.25, -0.2) is 18.1 Å². The van der Waals surface area contributed by atoms with Gasteiger partial charge in [-0.3, -0.25) is 9.78 Å². The number of aromatic amines is 2. The molecule has 1 aliphatic carbocycles. The van der Waals surface area contributed by atoms with Crippen molar-refractivity contribution in [2.75, 3.05) is 0 Å². The highest BCUT2D eigenvalue weighted by Crippen LogP contribution is 2.52. The molecule has 0 saturated heterocycles. The Bertz CT molecular complexity index is 1000. The molecule has 8 heteroatoms. The zero-order valence-electron chi connectivity index (χ0n) is 11.8. The van der Waals surface area contributed by atoms with Crippen molar-refractivity contribution in [1.29, 1.82) is 0 Å². The van der Waals surface area contributed by atoms with Crippen molar-refractivity contribution in [2.24, 2.45) is 5.92 Å². The first kappa shape index (κ1) is 13.9. The molecule has 0 aromatic carbocycles. The van der Waals surface area contributed by atoms with Crippen molar-refractivity contribution in [3.8, 4) is 11.3 Å². The highest BCUT2D eigenvalue weighted by atomic mass is 19.3. The molecule has 0 bridgehead atoms. The number of H-pyrrole nitrogens is 2. The van der Waals surface area contributed by atoms with Crippen molar-refractivity contribution < 1.29 is 8.78 Å². The van der Waals surface area contributed by atoms with E-state index in [9.17, 15) is 18.4 Å². The van der Waals surface area contributed by atoms with Crippen LogP contribution in [0.4, 0.5) is 8.78 Å². The topological polar surface area (TPSA) is 83.0 Å². The fourth-order valence-corrected chi connectivity index (χ4v) is 2.93. The van der Waals surface area contributed by atoms with Crippen LogP contribution in [0.25, 0.3) is 16.8 Å². The number of nitrogens with zero attached hydrogens (tertiary/aromatic N) is 2. The third-order valence-electron chi connectivity index (χ3n) is 4.19. The molecule has 23 heavy (non-hydrogen) atoms. The van der Waals surface area contributed by atoms with Crippen LogP contribution in [0.15, 0.2) is 40.2 Å². The van der Waals surface area contributed by atoms with Crippen LogP contribution in [0.3, 0.4) is 0 Å². The Morgan fingerprint density at radius 2 is 2.17 bits per heavy atom. The van der Waals surface area contributed by atoms with Crippen LogP contribution in [0.2, 0.25) is 0 Å². The average Bonchev–Trinajstić information content (AvgIpc) is 3.16. The Kier molecular flexibility index (Phi) is 2.93. The third-order valence-corrected chi connectivity index (χ3v) is 4.19. The van der Waals surface area contributed by atoms with Crippen LogP contribution in [-0.2, 0) is 0 Å². The molecule has 1 aliphatic rings. The first-order chi connectivity index (χ1) is 11.0. The molecule has 1 saturated carbocycles. The summed E-state index contributed by atoms with van der Waals surface area (Å²) >= 11 is 0. The zero-order valence-corrected chi connectivity index (χ0v) is 11.8. The molecule has 0 spiro atoms. The molecule has 3 aromatic rings. The highest BCUT2D eigenvalue weighted by Gasteiger charge is 2.46. The van der Waals surface area contributed by atoms with Gasteiger partial charge in [0, 0.05) is 18.3 Å². The predicted molar refractivity (Wildman–Crippen MR) is 78.7 cm³/mol. The van der Waals surface area contributed by atoms with E-state index in [1.807, 2.05) is 6.07 Å². The fraction of sp³-hybridized carbons (Fsp3) is 0.267. The second-order valence-corrected chi connectivity index (χ2v) is 5.65. The molecule has 6 nitrogen and oxygen atoms in total. The summed E-state index contributed by atoms with van der Waals surface area (Å²) in [6.07, 6.45) is 1.04. The largest absolute Gasteiger partial charge is 0.325 e. The van der Waals surface area contributed by atoms with E-state index in [4.69, 9.17) is 0 Å². The van der Waals surface area contributed by atoms with E-state index in [-0.39, 0.29) is 11.5 Å². The minimum atomic E-state index is -2.36. The number of halogens is 2. The summed E-state index contributed by atoms with van der Waals surface area (Å²) in [5.74, 6) is -0.895. The molecular weight excluding hydrogens is 306 g/mol. The Morgan fingerprint density at radius 1 is 1.35 bits per heavy atom. The first-order valence-electron chi connectivity index (χ1n) is 7.13. The zero-order chi connectivity index (χ0) is 16.1. The number of rotatable bonds is 3. The van der Waals surface area contributed by atoms with E-state index in [2.05, 4.69) is 15.1 Å². The van der Waals surface area contributed by atoms with Crippen molar-refractivity contribution in [3.05, 3.63) is 57.0 Å². The summed E-state index contributed by atoms with van der Waals surface area (Å²) in [6, 6.07) is 5.24. The number of alkyl halides is 2. The van der Waals surface area contributed by atoms with Crippen molar-refractivity contribution in [3.63, 3.8) is 0 Å². The lowest BCUT2D eigenvalue weighted by Crippen LogP contribution is -2.23. The Balaban J connectivity index is 1.89. The number of hydrogen-bond donors (Lipinski definition) is 2. The summed E-state index contributed by atoms with van der Waals surface area (Å²) < 4.78 is 27.4. The maximum absolute atomic E-state index is 12.9. The van der Waals surface area contributed by atoms with E-state index in [0.717, 1.165) is 11.1 Å². The monoisotopic (exact) mass is 318 g/mol. The van der Waals surface area contributed by atoms with Crippen LogP contribution in [0.1, 0.15) is 17.9 Å². The van der Waals surface area contributed by atoms with Gasteiger partial charge in [0.1, 0.15) is 0 Å². The van der Waals surface area contributed by atoms with Gasteiger partial charge in [0.2, 0.25) is 6.43 Å². The molecule has 0 unspecified atom stereocenters. The SMILES string of the molecule is O=c1[nH]cc(-c2cc([C@H]3C[C@@H]3C(F)F)c3cccn3n2)c(=O)[nH]1. The summed E-state index contributed by atoms with van der Waals surface area (Å²) in [7, 11) is 0. The van der Waals surface area contributed by atoms with Gasteiger partial charge < -0.3 is 4.98 Å². The number of fused-ring (bicyclic) bond motifs is 1. The predicted octanol–water partition coefficient (Wildman–Crippen LogP) is 1.75. The van der Waals surface area contributed by atoms with Crippen LogP contribution >= 0.6 is 0 Å². The van der Waals surface area contributed by atoms with Crippen LogP contribution in [-0.4, -0.2) is 26.0 Å². The maximum atomic E-state index is 12.9. The van der Waals surface area contributed by atoms with Gasteiger partial charge in [0.25, 0.3) is 5.56 Å². The molecule has 2 atom stereocenters. The molecule has 0 aliphatic heterocycles. The maximum Gasteiger partial charge on any atom is 0.325 e. The quantitative estimate of drug-likeness (QED) is 0.772. The standard InChI is InChI=1S/C15H12F2N4O2/c16-13(17)9-4-7(9)8-5-11(20-21-3-1-2-12(8)21)10-6-18-15(23)19-14(10)22/h1-3,5-7,9,13H,4H2,(H2,18,19,22,23)/t7-,9+/m1/s1. The van der Waals surface area contributed by atoms with Gasteiger partial charge in [0.05, 0.1) is 16.8 Å². The number of nitrogens with one attached hydrogen (secondary N) is 2. The second-order valence-electron chi connectivity index (χ2n) is 5.65. The summed E-state index contributed by atoms with van der Waals surface area (Å²) in [5.41, 5.74) is 0.844. The van der Waals surface area contributed by atoms with Gasteiger partial charge in [-0.15, -0.1) is 0 Å². The van der Waals surface area contributed by atoms with E-state index >= 15 is 0 Å². The van der Waals surface area contributed by atoms with Crippen molar-refractivity contribution >= 4 is 5.52 Å². The van der Waals surface area contributed by atoms with Crippen molar-refractivity contribution in [1.82, 2.24) is 19.6 Å². The molecule has 0 amide bonds. The van der Waals surface area contributed by atoms with E-state index in [0.29, 0.717) is 12.1 Å². The minimum absolute atomic E-state index is 0.190. The number of aromatic nitrogens is 4. The lowest BCUT2D eigenvalue weighted by Gasteiger charge is -2.08. The normalized spacial score (nSPS) is 20.3. The Labute approximate surface area is 127 Å². The average molecular weight is 318 g/mol. The van der Waals surface area contributed by atoms with Gasteiger partial charge in [-0.1, -0.05) is 0 Å². The van der Waals surface area contributed by atoms with E-state index in [1.54, 1.807) is 22.8 Å². The van der Waals surface area contributed by atoms with Gasteiger partial charge in [-0.05, 0) is 36.1 Å². The van der Waals surface area contributed by atoms with Crippen LogP contribution < -0.4 is 11.2 Å². The molecule has 1 fully saturated rings. The van der Waals surface area contributed by atoms with Gasteiger partial charge in [0.15, 0.2) is 0 Å². The van der Waals surface area contributed by atoms with E-state index in [1.165, 1.54) is 6.20 Å². The third kappa shape index (κ3) is 2.26. The minimum Gasteiger partial charge on any atom is -0.313 e. The smallest absolute Gasteiger partial charge is 0.313 e. The lowest BCUT2D eigenvalue weighted by atomic mass is 10.1. The Hall–Kier alpha value is -2.77. The van der Waals surface area contributed by atoms with Crippen molar-refractivity contribution in [2.45, 2.75) is 18.8 Å². The molecular formula is C15H12F2N4O2. The van der Waals surface area contributed by atoms with Gasteiger partial charge >= 0.3 is 5.69 Å². The van der Waals surface area contributed by atoms with Gasteiger partial charge in [-0.2, -0.15) is 5.10 Å². The second kappa shape index (κ2) is 4.87. The summed E-state index contributed by atoms with van der Waals surface area (Å²) in [5, 5.41) is 4.32. The highest BCUT2D eigenvalue weighted by molar-refractivity contribution is 5.65. The van der Waals surface area contributed by atoms with Crippen LogP contribution in [0, 0.1) is 5.92 Å². The first-order valence-corrected chi connectivity index (χ1v) is 7.13. The lowest BCUT2D eigenvalue weighted by molar-refractivity contribution is 0.120. The molecule has 3 aromatic heterocycles. The molecule has 3 heterocycles. The summed E-state index contributed by atoms with van der Waals surface area (Å²) in [6.45, 7) is 0. The molecule has 4 rings (SSSR count). The molecule has 2 N–H and O–H groups in total. The molecule has 118 valence electrons. The van der Waals surface area contributed by atoms with Crippen LogP contribution in [0.5, 0.6) is 0 Å². The Morgan fingerprint density at radius 3 is 2.87 bits per heavy atom.